The van der Waals surface area contributed by atoms with Gasteiger partial charge in [0.1, 0.15) is 0 Å². The fourth-order valence-corrected chi connectivity index (χ4v) is 3.19. The Bertz CT molecular complexity index is 402. The quantitative estimate of drug-likeness (QED) is 0.878. The Morgan fingerprint density at radius 3 is 3.00 bits per heavy atom. The highest BCUT2D eigenvalue weighted by Gasteiger charge is 2.23. The van der Waals surface area contributed by atoms with E-state index in [1.807, 2.05) is 30.8 Å². The molecule has 1 saturated heterocycles. The van der Waals surface area contributed by atoms with E-state index in [4.69, 9.17) is 11.6 Å². The third-order valence-electron chi connectivity index (χ3n) is 2.75. The number of nitrogens with one attached hydrogen (secondary N) is 1. The van der Waals surface area contributed by atoms with Gasteiger partial charge in [0, 0.05) is 22.4 Å². The summed E-state index contributed by atoms with van der Waals surface area (Å²) >= 11 is 7.71. The molecule has 1 N–H and O–H groups in total. The second-order valence-electron chi connectivity index (χ2n) is 4.01. The van der Waals surface area contributed by atoms with E-state index in [0.717, 1.165) is 29.2 Å². The van der Waals surface area contributed by atoms with Gasteiger partial charge in [0.15, 0.2) is 0 Å². The molecule has 4 heteroatoms. The van der Waals surface area contributed by atoms with Crippen LogP contribution in [0.1, 0.15) is 12.0 Å². The average molecular weight is 256 g/mol. The van der Waals surface area contributed by atoms with Gasteiger partial charge >= 0.3 is 0 Å². The summed E-state index contributed by atoms with van der Waals surface area (Å²) in [6, 6.07) is 5.52. The zero-order chi connectivity index (χ0) is 11.5. The largest absolute Gasteiger partial charge is 0.326 e. The van der Waals surface area contributed by atoms with Crippen LogP contribution in [0.5, 0.6) is 0 Å². The number of hydrogen-bond acceptors (Lipinski definition) is 2. The molecule has 16 heavy (non-hydrogen) atoms. The van der Waals surface area contributed by atoms with Crippen LogP contribution in [0.2, 0.25) is 5.02 Å². The summed E-state index contributed by atoms with van der Waals surface area (Å²) in [6.07, 6.45) is 0.989. The summed E-state index contributed by atoms with van der Waals surface area (Å²) in [7, 11) is 0. The zero-order valence-electron chi connectivity index (χ0n) is 9.13. The Balaban J connectivity index is 2.05. The Kier molecular flexibility index (Phi) is 3.77. The summed E-state index contributed by atoms with van der Waals surface area (Å²) < 4.78 is 0. The molecule has 1 aromatic rings. The third kappa shape index (κ3) is 2.71. The topological polar surface area (TPSA) is 29.1 Å². The number of carbonyl (C=O) groups is 1. The molecule has 0 radical (unpaired) electrons. The number of aryl methyl sites for hydroxylation is 1. The van der Waals surface area contributed by atoms with Crippen LogP contribution in [-0.2, 0) is 4.79 Å². The van der Waals surface area contributed by atoms with Gasteiger partial charge in [0.05, 0.1) is 0 Å². The molecule has 2 nitrogen and oxygen atoms in total. The monoisotopic (exact) mass is 255 g/mol. The van der Waals surface area contributed by atoms with Crippen molar-refractivity contribution in [1.29, 1.82) is 0 Å². The first kappa shape index (κ1) is 11.8. The fourth-order valence-electron chi connectivity index (χ4n) is 1.74. The van der Waals surface area contributed by atoms with Crippen molar-refractivity contribution in [3.63, 3.8) is 0 Å². The minimum atomic E-state index is 0.135. The number of rotatable bonds is 2. The lowest BCUT2D eigenvalue weighted by Crippen LogP contribution is -2.22. The minimum Gasteiger partial charge on any atom is -0.326 e. The highest BCUT2D eigenvalue weighted by molar-refractivity contribution is 7.99. The van der Waals surface area contributed by atoms with E-state index in [-0.39, 0.29) is 11.8 Å². The maximum Gasteiger partial charge on any atom is 0.228 e. The van der Waals surface area contributed by atoms with E-state index < -0.39 is 0 Å². The molecule has 1 heterocycles. The number of thioether (sulfide) groups is 1. The standard InChI is InChI=1S/C12H14ClNOS/c1-8-6-10(13)2-3-11(8)14-12(15)9-4-5-16-7-9/h2-3,6,9H,4-5,7H2,1H3,(H,14,15). The van der Waals surface area contributed by atoms with Crippen LogP contribution in [0.25, 0.3) is 0 Å². The number of amides is 1. The summed E-state index contributed by atoms with van der Waals surface area (Å²) in [5.41, 5.74) is 1.87. The van der Waals surface area contributed by atoms with Crippen molar-refractivity contribution in [1.82, 2.24) is 0 Å². The first-order chi connectivity index (χ1) is 7.66. The first-order valence-electron chi connectivity index (χ1n) is 5.31. The van der Waals surface area contributed by atoms with Crippen LogP contribution < -0.4 is 5.32 Å². The Morgan fingerprint density at radius 2 is 2.38 bits per heavy atom. The van der Waals surface area contributed by atoms with Crippen LogP contribution in [0.15, 0.2) is 18.2 Å². The second kappa shape index (κ2) is 5.11. The van der Waals surface area contributed by atoms with Gasteiger partial charge in [-0.05, 0) is 42.9 Å². The Labute approximate surface area is 105 Å². The van der Waals surface area contributed by atoms with Gasteiger partial charge in [-0.1, -0.05) is 11.6 Å². The number of carbonyl (C=O) groups excluding carboxylic acids is 1. The predicted octanol–water partition coefficient (Wildman–Crippen LogP) is 3.34. The van der Waals surface area contributed by atoms with Crippen molar-refractivity contribution in [3.8, 4) is 0 Å². The minimum absolute atomic E-state index is 0.135. The molecule has 1 aliphatic rings. The molecule has 1 unspecified atom stereocenters. The van der Waals surface area contributed by atoms with Crippen LogP contribution in [0.4, 0.5) is 5.69 Å². The van der Waals surface area contributed by atoms with Gasteiger partial charge in [-0.15, -0.1) is 0 Å². The van der Waals surface area contributed by atoms with Crippen LogP contribution in [-0.4, -0.2) is 17.4 Å². The maximum atomic E-state index is 11.9. The number of halogens is 1. The van der Waals surface area contributed by atoms with Crippen molar-refractivity contribution in [3.05, 3.63) is 28.8 Å². The number of benzene rings is 1. The van der Waals surface area contributed by atoms with E-state index >= 15 is 0 Å². The molecule has 1 aliphatic heterocycles. The highest BCUT2D eigenvalue weighted by Crippen LogP contribution is 2.26. The van der Waals surface area contributed by atoms with Crippen molar-refractivity contribution in [2.24, 2.45) is 5.92 Å². The molecule has 1 amide bonds. The van der Waals surface area contributed by atoms with Crippen LogP contribution in [0.3, 0.4) is 0 Å². The summed E-state index contributed by atoms with van der Waals surface area (Å²) in [4.78, 5) is 11.9. The van der Waals surface area contributed by atoms with E-state index in [1.165, 1.54) is 0 Å². The van der Waals surface area contributed by atoms with Crippen LogP contribution in [0, 0.1) is 12.8 Å². The molecule has 0 aromatic heterocycles. The predicted molar refractivity (Wildman–Crippen MR) is 70.3 cm³/mol. The summed E-state index contributed by atoms with van der Waals surface area (Å²) in [6.45, 7) is 1.95. The van der Waals surface area contributed by atoms with Gasteiger partial charge in [0.2, 0.25) is 5.91 Å². The average Bonchev–Trinajstić information content (AvgIpc) is 2.75. The van der Waals surface area contributed by atoms with E-state index in [1.54, 1.807) is 6.07 Å². The van der Waals surface area contributed by atoms with E-state index in [9.17, 15) is 4.79 Å². The molecule has 86 valence electrons. The van der Waals surface area contributed by atoms with Crippen molar-refractivity contribution >= 4 is 35.0 Å². The SMILES string of the molecule is Cc1cc(Cl)ccc1NC(=O)C1CCSC1. The van der Waals surface area contributed by atoms with E-state index in [2.05, 4.69) is 5.32 Å². The molecule has 0 aliphatic carbocycles. The van der Waals surface area contributed by atoms with Crippen molar-refractivity contribution in [2.45, 2.75) is 13.3 Å². The van der Waals surface area contributed by atoms with E-state index in [0.29, 0.717) is 5.02 Å². The lowest BCUT2D eigenvalue weighted by Gasteiger charge is -2.12. The fraction of sp³-hybridized carbons (Fsp3) is 0.417. The molecule has 1 fully saturated rings. The normalized spacial score (nSPS) is 19.8. The summed E-state index contributed by atoms with van der Waals surface area (Å²) in [5, 5.41) is 3.67. The number of hydrogen-bond donors (Lipinski definition) is 1. The highest BCUT2D eigenvalue weighted by atomic mass is 35.5. The van der Waals surface area contributed by atoms with Gasteiger partial charge in [-0.3, -0.25) is 4.79 Å². The van der Waals surface area contributed by atoms with Crippen molar-refractivity contribution in [2.75, 3.05) is 16.8 Å². The maximum absolute atomic E-state index is 11.9. The van der Waals surface area contributed by atoms with Crippen molar-refractivity contribution < 1.29 is 4.79 Å². The first-order valence-corrected chi connectivity index (χ1v) is 6.85. The van der Waals surface area contributed by atoms with Gasteiger partial charge in [-0.2, -0.15) is 11.8 Å². The molecule has 0 spiro atoms. The molecule has 1 atom stereocenters. The van der Waals surface area contributed by atoms with Gasteiger partial charge in [-0.25, -0.2) is 0 Å². The lowest BCUT2D eigenvalue weighted by atomic mass is 10.1. The molecule has 0 bridgehead atoms. The molecule has 0 saturated carbocycles. The Hall–Kier alpha value is -0.670. The second-order valence-corrected chi connectivity index (χ2v) is 5.60. The Morgan fingerprint density at radius 1 is 1.56 bits per heavy atom. The molecular weight excluding hydrogens is 242 g/mol. The van der Waals surface area contributed by atoms with Crippen LogP contribution >= 0.6 is 23.4 Å². The van der Waals surface area contributed by atoms with Gasteiger partial charge < -0.3 is 5.32 Å². The molecule has 1 aromatic carbocycles. The number of anilines is 1. The van der Waals surface area contributed by atoms with Gasteiger partial charge in [0.25, 0.3) is 0 Å². The molecule has 2 rings (SSSR count). The molecular formula is C12H14ClNOS. The summed E-state index contributed by atoms with van der Waals surface area (Å²) in [5.74, 6) is 2.34. The smallest absolute Gasteiger partial charge is 0.228 e. The zero-order valence-corrected chi connectivity index (χ0v) is 10.7. The third-order valence-corrected chi connectivity index (χ3v) is 4.14. The lowest BCUT2D eigenvalue weighted by molar-refractivity contribution is -0.119.